The molecule has 1 amide bonds. The molecule has 3 N–H and O–H groups in total. The molecule has 1 aromatic heterocycles. The van der Waals surface area contributed by atoms with Gasteiger partial charge in [-0.1, -0.05) is 17.7 Å². The van der Waals surface area contributed by atoms with Gasteiger partial charge < -0.3 is 20.4 Å². The molecule has 2 aromatic carbocycles. The SMILES string of the molecule is COc1ccc(CNC(=O)c2cc(C(F)(F)F)ccc2Nc2cc[nH]c2)cc1Cl. The number of halogens is 4. The number of alkyl halides is 3. The van der Waals surface area contributed by atoms with Crippen molar-refractivity contribution in [1.29, 1.82) is 0 Å². The van der Waals surface area contributed by atoms with Gasteiger partial charge in [0.2, 0.25) is 0 Å². The summed E-state index contributed by atoms with van der Waals surface area (Å²) in [5.41, 5.74) is 0.510. The minimum atomic E-state index is -4.56. The fourth-order valence-corrected chi connectivity index (χ4v) is 2.95. The number of aromatic amines is 1. The summed E-state index contributed by atoms with van der Waals surface area (Å²) >= 11 is 6.06. The number of methoxy groups -OCH3 is 1. The van der Waals surface area contributed by atoms with Gasteiger partial charge in [0, 0.05) is 18.9 Å². The van der Waals surface area contributed by atoms with Crippen molar-refractivity contribution in [1.82, 2.24) is 10.3 Å². The van der Waals surface area contributed by atoms with Crippen molar-refractivity contribution in [3.05, 3.63) is 76.6 Å². The maximum Gasteiger partial charge on any atom is 0.416 e. The molecule has 0 aliphatic rings. The van der Waals surface area contributed by atoms with Crippen LogP contribution in [0.1, 0.15) is 21.5 Å². The van der Waals surface area contributed by atoms with Crippen LogP contribution >= 0.6 is 11.6 Å². The zero-order valence-corrected chi connectivity index (χ0v) is 16.0. The Morgan fingerprint density at radius 1 is 1.17 bits per heavy atom. The third-order valence-electron chi connectivity index (χ3n) is 4.14. The van der Waals surface area contributed by atoms with E-state index in [1.165, 1.54) is 13.2 Å². The van der Waals surface area contributed by atoms with Crippen LogP contribution in [0.15, 0.2) is 54.9 Å². The summed E-state index contributed by atoms with van der Waals surface area (Å²) in [4.78, 5) is 15.5. The molecule has 0 atom stereocenters. The smallest absolute Gasteiger partial charge is 0.416 e. The zero-order valence-electron chi connectivity index (χ0n) is 15.2. The Bertz CT molecular complexity index is 1000. The maximum absolute atomic E-state index is 13.1. The number of carbonyl (C=O) groups excluding carboxylic acids is 1. The highest BCUT2D eigenvalue weighted by atomic mass is 35.5. The summed E-state index contributed by atoms with van der Waals surface area (Å²) in [7, 11) is 1.48. The van der Waals surface area contributed by atoms with Gasteiger partial charge in [-0.05, 0) is 42.0 Å². The fraction of sp³-hybridized carbons (Fsp3) is 0.150. The lowest BCUT2D eigenvalue weighted by molar-refractivity contribution is -0.137. The van der Waals surface area contributed by atoms with Gasteiger partial charge in [-0.15, -0.1) is 0 Å². The molecule has 9 heteroatoms. The van der Waals surface area contributed by atoms with Crippen molar-refractivity contribution in [2.24, 2.45) is 0 Å². The van der Waals surface area contributed by atoms with Crippen LogP contribution in [0.2, 0.25) is 5.02 Å². The summed E-state index contributed by atoms with van der Waals surface area (Å²) in [6, 6.07) is 9.64. The highest BCUT2D eigenvalue weighted by Crippen LogP contribution is 2.33. The number of rotatable bonds is 6. The van der Waals surface area contributed by atoms with E-state index in [4.69, 9.17) is 16.3 Å². The Morgan fingerprint density at radius 3 is 2.59 bits per heavy atom. The number of carbonyl (C=O) groups is 1. The minimum absolute atomic E-state index is 0.0857. The molecule has 0 bridgehead atoms. The topological polar surface area (TPSA) is 66.2 Å². The number of hydrogen-bond acceptors (Lipinski definition) is 3. The number of nitrogens with one attached hydrogen (secondary N) is 3. The van der Waals surface area contributed by atoms with Gasteiger partial charge in [0.05, 0.1) is 34.6 Å². The molecule has 0 saturated heterocycles. The first-order valence-corrected chi connectivity index (χ1v) is 8.87. The first kappa shape index (κ1) is 20.6. The van der Waals surface area contributed by atoms with Crippen molar-refractivity contribution < 1.29 is 22.7 Å². The molecule has 3 rings (SSSR count). The van der Waals surface area contributed by atoms with Crippen molar-refractivity contribution in [3.8, 4) is 5.75 Å². The zero-order chi connectivity index (χ0) is 21.0. The van der Waals surface area contributed by atoms with E-state index < -0.39 is 17.6 Å². The van der Waals surface area contributed by atoms with Gasteiger partial charge in [0.25, 0.3) is 5.91 Å². The van der Waals surface area contributed by atoms with Crippen molar-refractivity contribution >= 4 is 28.9 Å². The minimum Gasteiger partial charge on any atom is -0.495 e. The summed E-state index contributed by atoms with van der Waals surface area (Å²) in [5.74, 6) is -0.168. The average Bonchev–Trinajstić information content (AvgIpc) is 3.18. The summed E-state index contributed by atoms with van der Waals surface area (Å²) in [5, 5.41) is 5.93. The average molecular weight is 424 g/mol. The van der Waals surface area contributed by atoms with E-state index in [1.807, 2.05) is 0 Å². The number of ether oxygens (including phenoxy) is 1. The van der Waals surface area contributed by atoms with E-state index in [2.05, 4.69) is 15.6 Å². The Hall–Kier alpha value is -3.13. The molecular weight excluding hydrogens is 407 g/mol. The van der Waals surface area contributed by atoms with Crippen LogP contribution in [-0.2, 0) is 12.7 Å². The van der Waals surface area contributed by atoms with Gasteiger partial charge in [0.1, 0.15) is 5.75 Å². The fourth-order valence-electron chi connectivity index (χ4n) is 2.67. The van der Waals surface area contributed by atoms with Crippen molar-refractivity contribution in [2.45, 2.75) is 12.7 Å². The Morgan fingerprint density at radius 2 is 1.97 bits per heavy atom. The highest BCUT2D eigenvalue weighted by molar-refractivity contribution is 6.32. The predicted molar refractivity (Wildman–Crippen MR) is 105 cm³/mol. The first-order valence-electron chi connectivity index (χ1n) is 8.49. The van der Waals surface area contributed by atoms with Crippen molar-refractivity contribution in [3.63, 3.8) is 0 Å². The van der Waals surface area contributed by atoms with E-state index in [-0.39, 0.29) is 17.8 Å². The lowest BCUT2D eigenvalue weighted by Gasteiger charge is -2.15. The molecule has 1 heterocycles. The van der Waals surface area contributed by atoms with Gasteiger partial charge in [0.15, 0.2) is 0 Å². The molecule has 3 aromatic rings. The maximum atomic E-state index is 13.1. The molecule has 0 unspecified atom stereocenters. The third-order valence-corrected chi connectivity index (χ3v) is 4.43. The molecule has 0 aliphatic carbocycles. The summed E-state index contributed by atoms with van der Waals surface area (Å²) in [6.07, 6.45) is -1.29. The molecule has 152 valence electrons. The Kier molecular flexibility index (Phi) is 6.03. The van der Waals surface area contributed by atoms with Gasteiger partial charge >= 0.3 is 6.18 Å². The van der Waals surface area contributed by atoms with Gasteiger partial charge in [-0.25, -0.2) is 0 Å². The van der Waals surface area contributed by atoms with Crippen LogP contribution in [-0.4, -0.2) is 18.0 Å². The molecule has 0 spiro atoms. The quantitative estimate of drug-likeness (QED) is 0.499. The molecule has 29 heavy (non-hydrogen) atoms. The third kappa shape index (κ3) is 5.03. The number of anilines is 2. The summed E-state index contributed by atoms with van der Waals surface area (Å²) in [6.45, 7) is 0.0857. The Labute approximate surface area is 169 Å². The van der Waals surface area contributed by atoms with Gasteiger partial charge in [-0.3, -0.25) is 4.79 Å². The molecular formula is C20H17ClF3N3O2. The highest BCUT2D eigenvalue weighted by Gasteiger charge is 2.31. The molecule has 0 fully saturated rings. The number of amides is 1. The van der Waals surface area contributed by atoms with Crippen LogP contribution < -0.4 is 15.4 Å². The first-order chi connectivity index (χ1) is 13.8. The van der Waals surface area contributed by atoms with Gasteiger partial charge in [-0.2, -0.15) is 13.2 Å². The second kappa shape index (κ2) is 8.48. The normalized spacial score (nSPS) is 11.2. The molecule has 0 saturated carbocycles. The van der Waals surface area contributed by atoms with E-state index in [9.17, 15) is 18.0 Å². The van der Waals surface area contributed by atoms with E-state index in [1.54, 1.807) is 36.7 Å². The van der Waals surface area contributed by atoms with Crippen LogP contribution in [0.25, 0.3) is 0 Å². The molecule has 5 nitrogen and oxygen atoms in total. The van der Waals surface area contributed by atoms with Crippen molar-refractivity contribution in [2.75, 3.05) is 12.4 Å². The Balaban J connectivity index is 1.84. The summed E-state index contributed by atoms with van der Waals surface area (Å²) < 4.78 is 44.4. The van der Waals surface area contributed by atoms with Crippen LogP contribution in [0, 0.1) is 0 Å². The van der Waals surface area contributed by atoms with E-state index in [0.717, 1.165) is 12.1 Å². The lowest BCUT2D eigenvalue weighted by Crippen LogP contribution is -2.24. The number of H-pyrrole nitrogens is 1. The van der Waals surface area contributed by atoms with E-state index >= 15 is 0 Å². The lowest BCUT2D eigenvalue weighted by atomic mass is 10.1. The predicted octanol–water partition coefficient (Wildman–Crippen LogP) is 5.37. The van der Waals surface area contributed by atoms with Crippen LogP contribution in [0.4, 0.5) is 24.5 Å². The van der Waals surface area contributed by atoms with Crippen LogP contribution in [0.5, 0.6) is 5.75 Å². The number of benzene rings is 2. The second-order valence-corrected chi connectivity index (χ2v) is 6.54. The van der Waals surface area contributed by atoms with Crippen LogP contribution in [0.3, 0.4) is 0 Å². The molecule has 0 aliphatic heterocycles. The standard InChI is InChI=1S/C20H17ClF3N3O2/c1-29-18-5-2-12(8-16(18)21)10-26-19(28)15-9-13(20(22,23)24)3-4-17(15)27-14-6-7-25-11-14/h2-9,11,25,27H,10H2,1H3,(H,26,28). The van der Waals surface area contributed by atoms with E-state index in [0.29, 0.717) is 22.0 Å². The monoisotopic (exact) mass is 423 g/mol. The second-order valence-electron chi connectivity index (χ2n) is 6.13. The number of hydrogen-bond donors (Lipinski definition) is 3. The molecule has 0 radical (unpaired) electrons. The largest absolute Gasteiger partial charge is 0.495 e. The number of aromatic nitrogens is 1.